The number of benzene rings is 2. The standard InChI is InChI=1S/C24H29N2O14P3S/c27-21-19(38-23(22(21)28)26-10-9-20(25-24(26)29)44-14-15-5-6-15)13-37-42(32,33)40-43(34,35)39-41(30,31)36-12-16-7-8-17-3-1-2-4-18(17)11-16/h1-4,7-11,15,19,21-23,27-28H,5-6,12-14H2,(H,30,31)(H,32,33)(H,34,35)/t19-,21?,22+,23-/m1/s1. The molecule has 1 aliphatic heterocycles. The first-order valence-corrected chi connectivity index (χ1v) is 18.6. The number of thioether (sulfide) groups is 1. The van der Waals surface area contributed by atoms with E-state index >= 15 is 0 Å². The lowest BCUT2D eigenvalue weighted by Gasteiger charge is -2.20. The highest BCUT2D eigenvalue weighted by molar-refractivity contribution is 7.99. The molecule has 7 atom stereocenters. The number of aliphatic hydroxyl groups excluding tert-OH is 2. The molecule has 0 amide bonds. The molecule has 2 aliphatic rings. The Labute approximate surface area is 254 Å². The lowest BCUT2D eigenvalue weighted by Crippen LogP contribution is -2.36. The van der Waals surface area contributed by atoms with E-state index in [0.717, 1.165) is 33.9 Å². The molecule has 1 aliphatic carbocycles. The van der Waals surface area contributed by atoms with E-state index < -0.39 is 66.9 Å². The summed E-state index contributed by atoms with van der Waals surface area (Å²) in [7, 11) is -16.6. The minimum atomic E-state index is -5.75. The monoisotopic (exact) mass is 694 g/mol. The Balaban J connectivity index is 1.13. The van der Waals surface area contributed by atoms with Crippen LogP contribution < -0.4 is 5.69 Å². The molecule has 0 radical (unpaired) electrons. The Morgan fingerprint density at radius 3 is 2.27 bits per heavy atom. The topological polar surface area (TPSA) is 233 Å². The molecule has 44 heavy (non-hydrogen) atoms. The van der Waals surface area contributed by atoms with Crippen molar-refractivity contribution in [3.63, 3.8) is 0 Å². The summed E-state index contributed by atoms with van der Waals surface area (Å²) < 4.78 is 60.7. The van der Waals surface area contributed by atoms with Crippen molar-refractivity contribution < 1.29 is 61.0 Å². The third kappa shape index (κ3) is 8.93. The van der Waals surface area contributed by atoms with Crippen molar-refractivity contribution in [2.75, 3.05) is 12.4 Å². The molecule has 0 spiro atoms. The van der Waals surface area contributed by atoms with Gasteiger partial charge in [-0.15, -0.1) is 11.8 Å². The first kappa shape index (κ1) is 33.6. The van der Waals surface area contributed by atoms with Crippen molar-refractivity contribution in [3.8, 4) is 0 Å². The Morgan fingerprint density at radius 1 is 0.909 bits per heavy atom. The van der Waals surface area contributed by atoms with Gasteiger partial charge in [-0.3, -0.25) is 13.6 Å². The lowest BCUT2D eigenvalue weighted by molar-refractivity contribution is -0.0543. The number of nitrogens with zero attached hydrogens (tertiary/aromatic N) is 2. The maximum Gasteiger partial charge on any atom is 0.490 e. The molecule has 4 unspecified atom stereocenters. The van der Waals surface area contributed by atoms with E-state index in [-0.39, 0.29) is 0 Å². The number of phosphoric ester groups is 2. The van der Waals surface area contributed by atoms with Crippen LogP contribution in [-0.4, -0.2) is 65.1 Å². The molecule has 1 saturated heterocycles. The zero-order valence-corrected chi connectivity index (χ0v) is 26.2. The summed E-state index contributed by atoms with van der Waals surface area (Å²) in [5.74, 6) is 1.42. The van der Waals surface area contributed by atoms with E-state index in [4.69, 9.17) is 9.26 Å². The van der Waals surface area contributed by atoms with Crippen LogP contribution >= 0.6 is 35.2 Å². The van der Waals surface area contributed by atoms with Crippen molar-refractivity contribution in [2.24, 2.45) is 5.92 Å². The van der Waals surface area contributed by atoms with Crippen molar-refractivity contribution in [1.29, 1.82) is 0 Å². The number of hydrogen-bond donors (Lipinski definition) is 5. The Morgan fingerprint density at radius 2 is 1.59 bits per heavy atom. The molecular weight excluding hydrogens is 665 g/mol. The fourth-order valence-corrected chi connectivity index (χ4v) is 8.77. The molecular formula is C24H29N2O14P3S. The molecule has 1 saturated carbocycles. The summed E-state index contributed by atoms with van der Waals surface area (Å²) in [6, 6.07) is 13.8. The normalized spacial score (nSPS) is 26.2. The fourth-order valence-electron chi connectivity index (χ4n) is 4.23. The number of phosphoric acid groups is 3. The number of hydrogen-bond acceptors (Lipinski definition) is 13. The van der Waals surface area contributed by atoms with Crippen LogP contribution in [0.4, 0.5) is 0 Å². The van der Waals surface area contributed by atoms with Gasteiger partial charge in [0.05, 0.1) is 13.2 Å². The van der Waals surface area contributed by atoms with Gasteiger partial charge in [-0.25, -0.2) is 18.5 Å². The summed E-state index contributed by atoms with van der Waals surface area (Å²) in [5, 5.41) is 23.0. The summed E-state index contributed by atoms with van der Waals surface area (Å²) in [6.45, 7) is -1.50. The lowest BCUT2D eigenvalue weighted by atomic mass is 10.1. The number of aromatic nitrogens is 2. The van der Waals surface area contributed by atoms with Gasteiger partial charge in [0, 0.05) is 11.9 Å². The van der Waals surface area contributed by atoms with Gasteiger partial charge < -0.3 is 29.6 Å². The van der Waals surface area contributed by atoms with Crippen molar-refractivity contribution >= 4 is 46.0 Å². The molecule has 2 aromatic carbocycles. The largest absolute Gasteiger partial charge is 0.490 e. The Kier molecular flexibility index (Phi) is 10.3. The van der Waals surface area contributed by atoms with E-state index in [1.54, 1.807) is 36.4 Å². The van der Waals surface area contributed by atoms with E-state index in [0.29, 0.717) is 16.5 Å². The molecule has 5 rings (SSSR count). The molecule has 0 bridgehead atoms. The molecule has 3 aromatic rings. The second-order valence-corrected chi connectivity index (χ2v) is 15.8. The highest BCUT2D eigenvalue weighted by atomic mass is 32.2. The minimum absolute atomic E-state index is 0.420. The van der Waals surface area contributed by atoms with Crippen LogP contribution in [0.15, 0.2) is 64.5 Å². The van der Waals surface area contributed by atoms with E-state index in [1.165, 1.54) is 18.0 Å². The summed E-state index contributed by atoms with van der Waals surface area (Å²) in [4.78, 5) is 46.1. The average Bonchev–Trinajstić information content (AvgIpc) is 3.74. The van der Waals surface area contributed by atoms with Crippen LogP contribution in [-0.2, 0) is 42.7 Å². The van der Waals surface area contributed by atoms with Crippen molar-refractivity contribution in [2.45, 2.75) is 49.0 Å². The maximum absolute atomic E-state index is 12.5. The summed E-state index contributed by atoms with van der Waals surface area (Å²) in [5.41, 5.74) is -0.349. The van der Waals surface area contributed by atoms with Gasteiger partial charge in [0.25, 0.3) is 0 Å². The van der Waals surface area contributed by atoms with Crippen LogP contribution in [0.5, 0.6) is 0 Å². The fraction of sp³-hybridized carbons (Fsp3) is 0.417. The zero-order chi connectivity index (χ0) is 31.7. The average molecular weight is 694 g/mol. The highest BCUT2D eigenvalue weighted by Crippen LogP contribution is 2.68. The van der Waals surface area contributed by atoms with Crippen LogP contribution in [0, 0.1) is 5.92 Å². The second-order valence-electron chi connectivity index (χ2n) is 10.1. The third-order valence-electron chi connectivity index (χ3n) is 6.60. The zero-order valence-electron chi connectivity index (χ0n) is 22.7. The predicted octanol–water partition coefficient (Wildman–Crippen LogP) is 3.09. The molecule has 240 valence electrons. The highest BCUT2D eigenvalue weighted by Gasteiger charge is 2.47. The minimum Gasteiger partial charge on any atom is -0.387 e. The molecule has 5 N–H and O–H groups in total. The third-order valence-corrected chi connectivity index (χ3v) is 12.0. The van der Waals surface area contributed by atoms with Crippen LogP contribution in [0.3, 0.4) is 0 Å². The number of fused-ring (bicyclic) bond motifs is 1. The maximum atomic E-state index is 12.5. The van der Waals surface area contributed by atoms with Gasteiger partial charge in [-0.2, -0.15) is 13.6 Å². The predicted molar refractivity (Wildman–Crippen MR) is 154 cm³/mol. The van der Waals surface area contributed by atoms with Gasteiger partial charge in [-0.1, -0.05) is 36.4 Å². The molecule has 20 heteroatoms. The van der Waals surface area contributed by atoms with Crippen LogP contribution in [0.1, 0.15) is 24.6 Å². The number of ether oxygens (including phenoxy) is 1. The van der Waals surface area contributed by atoms with Gasteiger partial charge in [0.2, 0.25) is 0 Å². The van der Waals surface area contributed by atoms with E-state index in [2.05, 4.69) is 18.1 Å². The van der Waals surface area contributed by atoms with Crippen LogP contribution in [0.25, 0.3) is 10.8 Å². The SMILES string of the molecule is O=c1nc(SCC2CC2)ccn1[C@@H]1O[C@H](COP(=O)(O)OP(=O)(O)OP(=O)(O)OCc2ccc3ccccc3c2)C(O)[C@@H]1O. The number of aliphatic hydroxyl groups is 2. The van der Waals surface area contributed by atoms with Gasteiger partial charge in [0.1, 0.15) is 23.3 Å². The van der Waals surface area contributed by atoms with E-state index in [1.807, 2.05) is 12.1 Å². The summed E-state index contributed by atoms with van der Waals surface area (Å²) in [6.07, 6.45) is -2.77. The number of rotatable bonds is 14. The van der Waals surface area contributed by atoms with Gasteiger partial charge in [-0.05, 0) is 47.2 Å². The molecule has 2 heterocycles. The first-order chi connectivity index (χ1) is 20.7. The molecule has 16 nitrogen and oxygen atoms in total. The van der Waals surface area contributed by atoms with E-state index in [9.17, 15) is 43.4 Å². The smallest absolute Gasteiger partial charge is 0.387 e. The Hall–Kier alpha value is -1.78. The van der Waals surface area contributed by atoms with Crippen molar-refractivity contribution in [1.82, 2.24) is 9.55 Å². The van der Waals surface area contributed by atoms with Crippen molar-refractivity contribution in [3.05, 3.63) is 70.8 Å². The quantitative estimate of drug-likeness (QED) is 0.0926. The molecule has 2 fully saturated rings. The first-order valence-electron chi connectivity index (χ1n) is 13.1. The van der Waals surface area contributed by atoms with Gasteiger partial charge >= 0.3 is 29.2 Å². The van der Waals surface area contributed by atoms with Crippen LogP contribution in [0.2, 0.25) is 0 Å². The second kappa shape index (κ2) is 13.5. The summed E-state index contributed by atoms with van der Waals surface area (Å²) >= 11 is 1.41. The molecule has 1 aromatic heterocycles. The van der Waals surface area contributed by atoms with Gasteiger partial charge in [0.15, 0.2) is 6.23 Å². The Bertz CT molecular complexity index is 1700.